The number of hydrogen-bond acceptors (Lipinski definition) is 8. The van der Waals surface area contributed by atoms with Crippen molar-refractivity contribution in [3.63, 3.8) is 0 Å². The lowest BCUT2D eigenvalue weighted by Gasteiger charge is -2.18. The molecule has 2 rings (SSSR count). The molecule has 2 N–H and O–H groups in total. The Morgan fingerprint density at radius 1 is 0.958 bits per heavy atom. The summed E-state index contributed by atoms with van der Waals surface area (Å²) in [6.07, 6.45) is -0.162. The maximum Gasteiger partial charge on any atom is 0.163 e. The van der Waals surface area contributed by atoms with E-state index in [1.165, 1.54) is 0 Å². The SMILES string of the molecule is CC1(C)OCC(COCC(COCC2COC(C)(C)O2)N=NN)O1. The molecule has 2 atom stereocenters. The van der Waals surface area contributed by atoms with E-state index >= 15 is 0 Å². The summed E-state index contributed by atoms with van der Waals surface area (Å²) in [7, 11) is 0. The van der Waals surface area contributed by atoms with Gasteiger partial charge in [-0.15, -0.1) is 0 Å². The maximum atomic E-state index is 5.67. The first-order valence-electron chi connectivity index (χ1n) is 8.19. The van der Waals surface area contributed by atoms with E-state index in [9.17, 15) is 0 Å². The number of ether oxygens (including phenoxy) is 6. The van der Waals surface area contributed by atoms with Crippen LogP contribution in [-0.2, 0) is 28.4 Å². The largest absolute Gasteiger partial charge is 0.376 e. The van der Waals surface area contributed by atoms with Crippen LogP contribution < -0.4 is 5.84 Å². The van der Waals surface area contributed by atoms with Gasteiger partial charge in [0, 0.05) is 0 Å². The van der Waals surface area contributed by atoms with Gasteiger partial charge < -0.3 is 34.3 Å². The number of hydrogen-bond donors (Lipinski definition) is 1. The number of nitrogens with zero attached hydrogens (tertiary/aromatic N) is 2. The Kier molecular flexibility index (Phi) is 6.90. The molecule has 0 bridgehead atoms. The maximum absolute atomic E-state index is 5.67. The third-order valence-corrected chi connectivity index (χ3v) is 3.59. The minimum Gasteiger partial charge on any atom is -0.376 e. The Balaban J connectivity index is 1.61. The fourth-order valence-corrected chi connectivity index (χ4v) is 2.57. The second-order valence-corrected chi connectivity index (χ2v) is 6.86. The Bertz CT molecular complexity index is 386. The monoisotopic (exact) mass is 347 g/mol. The summed E-state index contributed by atoms with van der Waals surface area (Å²) in [5.74, 6) is 4.04. The standard InChI is InChI=1S/C15H29N3O6/c1-14(2)21-9-12(23-14)7-19-5-11(17-18-16)6-20-8-13-10-22-15(3,4)24-13/h11-13H,5-10H2,1-4H3,(H2,16,17). The highest BCUT2D eigenvalue weighted by molar-refractivity contribution is 4.72. The second-order valence-electron chi connectivity index (χ2n) is 6.86. The predicted molar refractivity (Wildman–Crippen MR) is 84.3 cm³/mol. The molecule has 0 radical (unpaired) electrons. The molecule has 2 unspecified atom stereocenters. The molecule has 140 valence electrons. The first-order chi connectivity index (χ1) is 11.3. The smallest absolute Gasteiger partial charge is 0.163 e. The molecule has 2 aliphatic rings. The molecule has 0 spiro atoms. The second kappa shape index (κ2) is 8.50. The minimum absolute atomic E-state index is 0.0809. The van der Waals surface area contributed by atoms with Crippen molar-refractivity contribution in [2.75, 3.05) is 39.6 Å². The summed E-state index contributed by atoms with van der Waals surface area (Å²) < 4.78 is 33.6. The molecule has 2 fully saturated rings. The molecule has 9 nitrogen and oxygen atoms in total. The molecule has 0 saturated carbocycles. The van der Waals surface area contributed by atoms with Crippen molar-refractivity contribution in [3.05, 3.63) is 0 Å². The number of nitrogens with two attached hydrogens (primary N) is 1. The lowest BCUT2D eigenvalue weighted by Crippen LogP contribution is -2.29. The van der Waals surface area contributed by atoms with Crippen LogP contribution in [0.15, 0.2) is 10.3 Å². The zero-order chi connectivity index (χ0) is 17.6. The van der Waals surface area contributed by atoms with Gasteiger partial charge in [-0.25, -0.2) is 0 Å². The van der Waals surface area contributed by atoms with E-state index in [1.54, 1.807) is 0 Å². The van der Waals surface area contributed by atoms with Crippen LogP contribution in [0.25, 0.3) is 0 Å². The van der Waals surface area contributed by atoms with Gasteiger partial charge in [0.15, 0.2) is 11.6 Å². The average molecular weight is 347 g/mol. The van der Waals surface area contributed by atoms with E-state index < -0.39 is 11.6 Å². The first kappa shape index (κ1) is 19.5. The zero-order valence-electron chi connectivity index (χ0n) is 14.9. The van der Waals surface area contributed by atoms with Gasteiger partial charge in [-0.2, -0.15) is 5.11 Å². The molecule has 2 heterocycles. The predicted octanol–water partition coefficient (Wildman–Crippen LogP) is 1.02. The molecule has 0 aromatic rings. The van der Waals surface area contributed by atoms with E-state index in [2.05, 4.69) is 10.3 Å². The lowest BCUT2D eigenvalue weighted by molar-refractivity contribution is -0.146. The van der Waals surface area contributed by atoms with Gasteiger partial charge >= 0.3 is 0 Å². The summed E-state index contributed by atoms with van der Waals surface area (Å²) in [5, 5.41) is 7.25. The minimum atomic E-state index is -0.551. The fraction of sp³-hybridized carbons (Fsp3) is 1.00. The average Bonchev–Trinajstić information content (AvgIpc) is 3.01. The summed E-state index contributed by atoms with van der Waals surface area (Å²) >= 11 is 0. The fourth-order valence-electron chi connectivity index (χ4n) is 2.57. The molecule has 24 heavy (non-hydrogen) atoms. The van der Waals surface area contributed by atoms with Crippen LogP contribution in [0.2, 0.25) is 0 Å². The third kappa shape index (κ3) is 6.58. The van der Waals surface area contributed by atoms with Gasteiger partial charge in [0.25, 0.3) is 0 Å². The van der Waals surface area contributed by atoms with E-state index in [4.69, 9.17) is 34.3 Å². The molecule has 0 aliphatic carbocycles. The zero-order valence-corrected chi connectivity index (χ0v) is 14.9. The Hall–Kier alpha value is -0.840. The molecule has 0 amide bonds. The van der Waals surface area contributed by atoms with Crippen LogP contribution >= 0.6 is 0 Å². The molecule has 2 saturated heterocycles. The molecule has 9 heteroatoms. The number of rotatable bonds is 9. The highest BCUT2D eigenvalue weighted by Gasteiger charge is 2.33. The van der Waals surface area contributed by atoms with Crippen LogP contribution in [-0.4, -0.2) is 69.5 Å². The third-order valence-electron chi connectivity index (χ3n) is 3.59. The van der Waals surface area contributed by atoms with E-state index in [-0.39, 0.29) is 18.2 Å². The summed E-state index contributed by atoms with van der Waals surface area (Å²) in [6, 6.07) is -0.277. The van der Waals surface area contributed by atoms with Crippen LogP contribution in [0.1, 0.15) is 27.7 Å². The quantitative estimate of drug-likeness (QED) is 0.377. The first-order valence-corrected chi connectivity index (χ1v) is 8.19. The summed E-state index contributed by atoms with van der Waals surface area (Å²) in [5.41, 5.74) is 0. The van der Waals surface area contributed by atoms with E-state index in [0.717, 1.165) is 0 Å². The Labute approximate surface area is 142 Å². The van der Waals surface area contributed by atoms with Crippen molar-refractivity contribution < 1.29 is 28.4 Å². The Morgan fingerprint density at radius 2 is 1.42 bits per heavy atom. The highest BCUT2D eigenvalue weighted by Crippen LogP contribution is 2.23. The van der Waals surface area contributed by atoms with Gasteiger partial charge in [0.2, 0.25) is 0 Å². The van der Waals surface area contributed by atoms with Gasteiger partial charge in [-0.3, -0.25) is 0 Å². The van der Waals surface area contributed by atoms with Crippen molar-refractivity contribution in [1.82, 2.24) is 0 Å². The van der Waals surface area contributed by atoms with Crippen molar-refractivity contribution in [3.8, 4) is 0 Å². The highest BCUT2D eigenvalue weighted by atomic mass is 16.8. The molecule has 0 aromatic carbocycles. The van der Waals surface area contributed by atoms with Gasteiger partial charge in [0.1, 0.15) is 18.2 Å². The van der Waals surface area contributed by atoms with E-state index in [0.29, 0.717) is 39.6 Å². The van der Waals surface area contributed by atoms with Crippen LogP contribution in [0.4, 0.5) is 0 Å². The van der Waals surface area contributed by atoms with E-state index in [1.807, 2.05) is 27.7 Å². The summed E-state index contributed by atoms with van der Waals surface area (Å²) in [6.45, 7) is 10.1. The van der Waals surface area contributed by atoms with Gasteiger partial charge in [0.05, 0.1) is 39.6 Å². The normalized spacial score (nSPS) is 30.2. The van der Waals surface area contributed by atoms with Crippen molar-refractivity contribution in [2.24, 2.45) is 16.2 Å². The molecule has 0 aromatic heterocycles. The van der Waals surface area contributed by atoms with Crippen LogP contribution in [0, 0.1) is 0 Å². The van der Waals surface area contributed by atoms with Crippen LogP contribution in [0.3, 0.4) is 0 Å². The van der Waals surface area contributed by atoms with Crippen molar-refractivity contribution >= 4 is 0 Å². The van der Waals surface area contributed by atoms with Crippen molar-refractivity contribution in [2.45, 2.75) is 57.5 Å². The Morgan fingerprint density at radius 3 is 1.75 bits per heavy atom. The summed E-state index contributed by atoms with van der Waals surface area (Å²) in [4.78, 5) is 0. The molecular formula is C15H29N3O6. The van der Waals surface area contributed by atoms with Gasteiger partial charge in [-0.05, 0) is 27.7 Å². The molecular weight excluding hydrogens is 318 g/mol. The van der Waals surface area contributed by atoms with Crippen LogP contribution in [0.5, 0.6) is 0 Å². The van der Waals surface area contributed by atoms with Gasteiger partial charge in [-0.1, -0.05) is 5.22 Å². The lowest BCUT2D eigenvalue weighted by atomic mass is 10.3. The van der Waals surface area contributed by atoms with Crippen molar-refractivity contribution in [1.29, 1.82) is 0 Å². The topological polar surface area (TPSA) is 106 Å². The molecule has 2 aliphatic heterocycles.